The number of hydrogen-bond donors (Lipinski definition) is 1. The highest BCUT2D eigenvalue weighted by atomic mass is 32.2. The molecule has 1 aromatic heterocycles. The van der Waals surface area contributed by atoms with Crippen LogP contribution in [0.2, 0.25) is 0 Å². The molecule has 0 fully saturated rings. The predicted molar refractivity (Wildman–Crippen MR) is 97.0 cm³/mol. The van der Waals surface area contributed by atoms with E-state index in [0.717, 1.165) is 11.3 Å². The smallest absolute Gasteiger partial charge is 0.349 e. The SMILES string of the molecule is COC(=O)c1sc2ccccc2c1S(=O)(=O)Nc1ccccc1OC. The Hall–Kier alpha value is -2.58. The van der Waals surface area contributed by atoms with Gasteiger partial charge in [-0.3, -0.25) is 4.72 Å². The van der Waals surface area contributed by atoms with Crippen LogP contribution in [0.3, 0.4) is 0 Å². The standard InChI is InChI=1S/C17H15NO5S2/c1-22-13-9-5-4-8-12(13)18-25(20,21)16-11-7-3-6-10-14(11)24-15(16)17(19)23-2/h3-10,18H,1-2H3. The third-order valence-electron chi connectivity index (χ3n) is 3.54. The minimum atomic E-state index is -4.04. The normalized spacial score (nSPS) is 11.3. The van der Waals surface area contributed by atoms with Crippen LogP contribution >= 0.6 is 11.3 Å². The molecule has 0 aliphatic heterocycles. The molecule has 130 valence electrons. The van der Waals surface area contributed by atoms with Gasteiger partial charge in [0.1, 0.15) is 15.5 Å². The molecule has 0 atom stereocenters. The van der Waals surface area contributed by atoms with Crippen molar-refractivity contribution < 1.29 is 22.7 Å². The summed E-state index contributed by atoms with van der Waals surface area (Å²) < 4.78 is 39.1. The number of rotatable bonds is 5. The largest absolute Gasteiger partial charge is 0.495 e. The molecule has 0 unspecified atom stereocenters. The number of methoxy groups -OCH3 is 2. The van der Waals surface area contributed by atoms with Crippen LogP contribution in [0.4, 0.5) is 5.69 Å². The molecule has 0 amide bonds. The average Bonchev–Trinajstić information content (AvgIpc) is 3.01. The fraction of sp³-hybridized carbons (Fsp3) is 0.118. The maximum absolute atomic E-state index is 13.0. The van der Waals surface area contributed by atoms with Gasteiger partial charge in [0.05, 0.1) is 19.9 Å². The number of hydrogen-bond acceptors (Lipinski definition) is 6. The van der Waals surface area contributed by atoms with Crippen molar-refractivity contribution in [2.24, 2.45) is 0 Å². The Morgan fingerprint density at radius 1 is 1.04 bits per heavy atom. The number of ether oxygens (including phenoxy) is 2. The molecule has 0 saturated heterocycles. The van der Waals surface area contributed by atoms with Crippen LogP contribution in [-0.2, 0) is 14.8 Å². The quantitative estimate of drug-likeness (QED) is 0.688. The van der Waals surface area contributed by atoms with Gasteiger partial charge in [0, 0.05) is 10.1 Å². The first-order valence-electron chi connectivity index (χ1n) is 7.23. The molecule has 6 nitrogen and oxygen atoms in total. The lowest BCUT2D eigenvalue weighted by atomic mass is 10.2. The van der Waals surface area contributed by atoms with E-state index in [4.69, 9.17) is 9.47 Å². The van der Waals surface area contributed by atoms with Crippen LogP contribution < -0.4 is 9.46 Å². The number of sulfonamides is 1. The first kappa shape index (κ1) is 17.2. The molecule has 0 spiro atoms. The predicted octanol–water partition coefficient (Wildman–Crippen LogP) is 3.50. The summed E-state index contributed by atoms with van der Waals surface area (Å²) in [6.45, 7) is 0. The van der Waals surface area contributed by atoms with Gasteiger partial charge >= 0.3 is 5.97 Å². The van der Waals surface area contributed by atoms with Crippen molar-refractivity contribution in [2.75, 3.05) is 18.9 Å². The molecule has 1 N–H and O–H groups in total. The zero-order valence-corrected chi connectivity index (χ0v) is 15.1. The molecule has 0 aliphatic rings. The number of fused-ring (bicyclic) bond motifs is 1. The number of carbonyl (C=O) groups is 1. The van der Waals surface area contributed by atoms with Gasteiger partial charge in [-0.25, -0.2) is 13.2 Å². The first-order valence-corrected chi connectivity index (χ1v) is 9.53. The topological polar surface area (TPSA) is 81.7 Å². The Morgan fingerprint density at radius 2 is 1.72 bits per heavy atom. The summed E-state index contributed by atoms with van der Waals surface area (Å²) in [4.78, 5) is 12.0. The van der Waals surface area contributed by atoms with Crippen LogP contribution in [0.25, 0.3) is 10.1 Å². The summed E-state index contributed by atoms with van der Waals surface area (Å²) in [5.74, 6) is -0.313. The minimum Gasteiger partial charge on any atom is -0.495 e. The highest BCUT2D eigenvalue weighted by Crippen LogP contribution is 2.37. The van der Waals surface area contributed by atoms with E-state index in [1.54, 1.807) is 48.5 Å². The Labute approximate surface area is 149 Å². The summed E-state index contributed by atoms with van der Waals surface area (Å²) in [5.41, 5.74) is 0.288. The Kier molecular flexibility index (Phi) is 4.65. The molecule has 2 aromatic carbocycles. The summed E-state index contributed by atoms with van der Waals surface area (Å²) in [6, 6.07) is 13.6. The molecule has 8 heteroatoms. The summed E-state index contributed by atoms with van der Waals surface area (Å²) in [6.07, 6.45) is 0. The van der Waals surface area contributed by atoms with Crippen molar-refractivity contribution in [3.05, 3.63) is 53.4 Å². The van der Waals surface area contributed by atoms with Crippen LogP contribution in [0, 0.1) is 0 Å². The van der Waals surface area contributed by atoms with Gasteiger partial charge in [-0.2, -0.15) is 0 Å². The number of carbonyl (C=O) groups excluding carboxylic acids is 1. The lowest BCUT2D eigenvalue weighted by Gasteiger charge is -2.12. The lowest BCUT2D eigenvalue weighted by Crippen LogP contribution is -2.16. The average molecular weight is 377 g/mol. The van der Waals surface area contributed by atoms with E-state index >= 15 is 0 Å². The third-order valence-corrected chi connectivity index (χ3v) is 6.27. The maximum Gasteiger partial charge on any atom is 0.349 e. The maximum atomic E-state index is 13.0. The number of nitrogens with one attached hydrogen (secondary N) is 1. The van der Waals surface area contributed by atoms with Gasteiger partial charge < -0.3 is 9.47 Å². The summed E-state index contributed by atoms with van der Waals surface area (Å²) >= 11 is 1.08. The number of para-hydroxylation sites is 2. The summed E-state index contributed by atoms with van der Waals surface area (Å²) in [7, 11) is -1.36. The molecular weight excluding hydrogens is 362 g/mol. The number of benzene rings is 2. The van der Waals surface area contributed by atoms with Gasteiger partial charge in [0.2, 0.25) is 0 Å². The monoisotopic (exact) mass is 377 g/mol. The molecule has 3 rings (SSSR count). The number of thiophene rings is 1. The van der Waals surface area contributed by atoms with Crippen molar-refractivity contribution >= 4 is 43.1 Å². The molecular formula is C17H15NO5S2. The van der Waals surface area contributed by atoms with Crippen molar-refractivity contribution in [3.63, 3.8) is 0 Å². The molecule has 0 bridgehead atoms. The first-order chi connectivity index (χ1) is 12.0. The second kappa shape index (κ2) is 6.73. The van der Waals surface area contributed by atoms with Crippen LogP contribution in [0.5, 0.6) is 5.75 Å². The fourth-order valence-electron chi connectivity index (χ4n) is 2.44. The van der Waals surface area contributed by atoms with E-state index in [-0.39, 0.29) is 15.5 Å². The van der Waals surface area contributed by atoms with Gasteiger partial charge in [0.15, 0.2) is 0 Å². The zero-order chi connectivity index (χ0) is 18.0. The molecule has 1 heterocycles. The van der Waals surface area contributed by atoms with Gasteiger partial charge in [0.25, 0.3) is 10.0 Å². The van der Waals surface area contributed by atoms with E-state index in [9.17, 15) is 13.2 Å². The second-order valence-corrected chi connectivity index (χ2v) is 7.73. The van der Waals surface area contributed by atoms with Crippen LogP contribution in [0.15, 0.2) is 53.4 Å². The number of esters is 1. The minimum absolute atomic E-state index is 0.0334. The van der Waals surface area contributed by atoms with E-state index < -0.39 is 16.0 Å². The Morgan fingerprint density at radius 3 is 2.44 bits per heavy atom. The Bertz CT molecular complexity index is 1040. The second-order valence-electron chi connectivity index (χ2n) is 5.05. The van der Waals surface area contributed by atoms with Crippen LogP contribution in [-0.4, -0.2) is 28.6 Å². The zero-order valence-electron chi connectivity index (χ0n) is 13.5. The van der Waals surface area contributed by atoms with E-state index in [1.807, 2.05) is 0 Å². The molecule has 0 aliphatic carbocycles. The molecule has 3 aromatic rings. The van der Waals surface area contributed by atoms with Gasteiger partial charge in [-0.05, 0) is 18.2 Å². The molecule has 0 radical (unpaired) electrons. The van der Waals surface area contributed by atoms with E-state index in [2.05, 4.69) is 4.72 Å². The fourth-order valence-corrected chi connectivity index (χ4v) is 5.33. The van der Waals surface area contributed by atoms with Gasteiger partial charge in [-0.15, -0.1) is 11.3 Å². The van der Waals surface area contributed by atoms with Crippen molar-refractivity contribution in [1.29, 1.82) is 0 Å². The third kappa shape index (κ3) is 3.18. The van der Waals surface area contributed by atoms with E-state index in [1.165, 1.54) is 14.2 Å². The van der Waals surface area contributed by atoms with Crippen molar-refractivity contribution in [1.82, 2.24) is 0 Å². The highest BCUT2D eigenvalue weighted by Gasteiger charge is 2.29. The van der Waals surface area contributed by atoms with Crippen molar-refractivity contribution in [3.8, 4) is 5.75 Å². The highest BCUT2D eigenvalue weighted by molar-refractivity contribution is 7.93. The lowest BCUT2D eigenvalue weighted by molar-refractivity contribution is 0.0602. The number of anilines is 1. The van der Waals surface area contributed by atoms with Gasteiger partial charge in [-0.1, -0.05) is 30.3 Å². The summed E-state index contributed by atoms with van der Waals surface area (Å²) in [5, 5.41) is 0.468. The molecule has 0 saturated carbocycles. The van der Waals surface area contributed by atoms with Crippen LogP contribution in [0.1, 0.15) is 9.67 Å². The van der Waals surface area contributed by atoms with E-state index in [0.29, 0.717) is 15.8 Å². The van der Waals surface area contributed by atoms with Crippen molar-refractivity contribution in [2.45, 2.75) is 4.90 Å². The molecule has 25 heavy (non-hydrogen) atoms. The Balaban J connectivity index is 2.18.